The molecule has 2 aromatic carbocycles. The number of anilines is 3. The van der Waals surface area contributed by atoms with E-state index in [0.29, 0.717) is 0 Å². The predicted molar refractivity (Wildman–Crippen MR) is 86.1 cm³/mol. The van der Waals surface area contributed by atoms with Gasteiger partial charge in [0.25, 0.3) is 0 Å². The van der Waals surface area contributed by atoms with Crippen LogP contribution >= 0.6 is 0 Å². The maximum absolute atomic E-state index is 5.97. The molecular weight excluding hydrogens is 246 g/mol. The summed E-state index contributed by atoms with van der Waals surface area (Å²) in [4.78, 5) is 2.45. The monoisotopic (exact) mass is 267 g/mol. The number of nitrogens with two attached hydrogens (primary N) is 1. The van der Waals surface area contributed by atoms with E-state index in [2.05, 4.69) is 40.5 Å². The molecule has 1 heterocycles. The molecule has 3 heteroatoms. The topological polar surface area (TPSA) is 41.3 Å². The summed E-state index contributed by atoms with van der Waals surface area (Å²) in [5.41, 5.74) is 10.4. The van der Waals surface area contributed by atoms with Crippen molar-refractivity contribution in [3.8, 4) is 0 Å². The SMILES string of the molecule is Nc1ccccc1CNc1cccc(N2CCCC2)c1. The minimum Gasteiger partial charge on any atom is -0.398 e. The first-order chi connectivity index (χ1) is 9.83. The summed E-state index contributed by atoms with van der Waals surface area (Å²) < 4.78 is 0. The number of nitrogens with zero attached hydrogens (tertiary/aromatic N) is 1. The fourth-order valence-corrected chi connectivity index (χ4v) is 2.68. The number of nitrogen functional groups attached to an aromatic ring is 1. The summed E-state index contributed by atoms with van der Waals surface area (Å²) in [6.45, 7) is 3.11. The van der Waals surface area contributed by atoms with Gasteiger partial charge in [-0.05, 0) is 42.7 Å². The molecule has 104 valence electrons. The average Bonchev–Trinajstić information content (AvgIpc) is 3.01. The Morgan fingerprint density at radius 2 is 1.80 bits per heavy atom. The van der Waals surface area contributed by atoms with E-state index >= 15 is 0 Å². The van der Waals surface area contributed by atoms with Crippen molar-refractivity contribution in [2.24, 2.45) is 0 Å². The van der Waals surface area contributed by atoms with Gasteiger partial charge in [-0.25, -0.2) is 0 Å². The fraction of sp³-hybridized carbons (Fsp3) is 0.294. The minimum atomic E-state index is 0.760. The van der Waals surface area contributed by atoms with Gasteiger partial charge in [-0.2, -0.15) is 0 Å². The molecule has 3 rings (SSSR count). The second-order valence-corrected chi connectivity index (χ2v) is 5.30. The summed E-state index contributed by atoms with van der Waals surface area (Å²) >= 11 is 0. The van der Waals surface area contributed by atoms with Gasteiger partial charge in [0.1, 0.15) is 0 Å². The van der Waals surface area contributed by atoms with Crippen molar-refractivity contribution in [1.29, 1.82) is 0 Å². The standard InChI is InChI=1S/C17H21N3/c18-17-9-2-1-6-14(17)13-19-15-7-5-8-16(12-15)20-10-3-4-11-20/h1-2,5-9,12,19H,3-4,10-11,13,18H2. The van der Waals surface area contributed by atoms with Gasteiger partial charge < -0.3 is 16.0 Å². The lowest BCUT2D eigenvalue weighted by Gasteiger charge is -2.18. The van der Waals surface area contributed by atoms with Crippen LogP contribution in [0.3, 0.4) is 0 Å². The zero-order valence-corrected chi connectivity index (χ0v) is 11.7. The van der Waals surface area contributed by atoms with Crippen LogP contribution in [0, 0.1) is 0 Å². The first-order valence-corrected chi connectivity index (χ1v) is 7.25. The molecule has 0 radical (unpaired) electrons. The molecule has 3 N–H and O–H groups in total. The molecule has 0 aliphatic carbocycles. The Morgan fingerprint density at radius 3 is 2.60 bits per heavy atom. The normalized spacial score (nSPS) is 14.5. The largest absolute Gasteiger partial charge is 0.398 e. The van der Waals surface area contributed by atoms with Gasteiger partial charge in [-0.1, -0.05) is 24.3 Å². The van der Waals surface area contributed by atoms with Crippen LogP contribution in [0.5, 0.6) is 0 Å². The molecule has 0 amide bonds. The van der Waals surface area contributed by atoms with Gasteiger partial charge in [0, 0.05) is 36.7 Å². The van der Waals surface area contributed by atoms with Gasteiger partial charge in [0.2, 0.25) is 0 Å². The van der Waals surface area contributed by atoms with E-state index in [1.165, 1.54) is 31.6 Å². The van der Waals surface area contributed by atoms with Gasteiger partial charge >= 0.3 is 0 Å². The van der Waals surface area contributed by atoms with Crippen LogP contribution in [-0.4, -0.2) is 13.1 Å². The highest BCUT2D eigenvalue weighted by molar-refractivity contribution is 5.59. The summed E-state index contributed by atoms with van der Waals surface area (Å²) in [6.07, 6.45) is 2.61. The van der Waals surface area contributed by atoms with Crippen LogP contribution in [-0.2, 0) is 6.54 Å². The van der Waals surface area contributed by atoms with E-state index in [9.17, 15) is 0 Å². The number of para-hydroxylation sites is 1. The molecule has 0 spiro atoms. The third kappa shape index (κ3) is 2.87. The Balaban J connectivity index is 1.68. The van der Waals surface area contributed by atoms with Crippen LogP contribution in [0.1, 0.15) is 18.4 Å². The highest BCUT2D eigenvalue weighted by atomic mass is 15.1. The third-order valence-corrected chi connectivity index (χ3v) is 3.86. The maximum Gasteiger partial charge on any atom is 0.0421 e. The zero-order chi connectivity index (χ0) is 13.8. The molecule has 0 atom stereocenters. The molecule has 1 fully saturated rings. The van der Waals surface area contributed by atoms with Crippen molar-refractivity contribution < 1.29 is 0 Å². The second kappa shape index (κ2) is 5.87. The molecule has 3 nitrogen and oxygen atoms in total. The van der Waals surface area contributed by atoms with Crippen LogP contribution in [0.25, 0.3) is 0 Å². The highest BCUT2D eigenvalue weighted by Crippen LogP contribution is 2.24. The third-order valence-electron chi connectivity index (χ3n) is 3.86. The fourth-order valence-electron chi connectivity index (χ4n) is 2.68. The number of hydrogen-bond donors (Lipinski definition) is 2. The number of rotatable bonds is 4. The molecule has 0 bridgehead atoms. The van der Waals surface area contributed by atoms with E-state index in [1.807, 2.05) is 18.2 Å². The molecule has 1 saturated heterocycles. The Labute approximate surface area is 120 Å². The van der Waals surface area contributed by atoms with E-state index in [4.69, 9.17) is 5.73 Å². The Bertz CT molecular complexity index is 574. The number of hydrogen-bond acceptors (Lipinski definition) is 3. The van der Waals surface area contributed by atoms with Crippen LogP contribution in [0.4, 0.5) is 17.1 Å². The summed E-state index contributed by atoms with van der Waals surface area (Å²) in [7, 11) is 0. The Kier molecular flexibility index (Phi) is 3.77. The van der Waals surface area contributed by atoms with Crippen molar-refractivity contribution in [3.05, 3.63) is 54.1 Å². The first-order valence-electron chi connectivity index (χ1n) is 7.25. The number of benzene rings is 2. The van der Waals surface area contributed by atoms with E-state index in [1.54, 1.807) is 0 Å². The quantitative estimate of drug-likeness (QED) is 0.833. The second-order valence-electron chi connectivity index (χ2n) is 5.30. The first kappa shape index (κ1) is 12.9. The smallest absolute Gasteiger partial charge is 0.0421 e. The van der Waals surface area contributed by atoms with Crippen molar-refractivity contribution in [3.63, 3.8) is 0 Å². The van der Waals surface area contributed by atoms with E-state index in [-0.39, 0.29) is 0 Å². The minimum absolute atomic E-state index is 0.760. The van der Waals surface area contributed by atoms with Gasteiger partial charge in [0.05, 0.1) is 0 Å². The van der Waals surface area contributed by atoms with Crippen LogP contribution < -0.4 is 16.0 Å². The summed E-state index contributed by atoms with van der Waals surface area (Å²) in [6, 6.07) is 16.6. The van der Waals surface area contributed by atoms with Gasteiger partial charge in [0.15, 0.2) is 0 Å². The number of nitrogens with one attached hydrogen (secondary N) is 1. The maximum atomic E-state index is 5.97. The van der Waals surface area contributed by atoms with Gasteiger partial charge in [-0.15, -0.1) is 0 Å². The van der Waals surface area contributed by atoms with Crippen molar-refractivity contribution in [2.75, 3.05) is 29.0 Å². The molecule has 1 aliphatic rings. The Morgan fingerprint density at radius 1 is 1.00 bits per heavy atom. The molecule has 0 saturated carbocycles. The lowest BCUT2D eigenvalue weighted by atomic mass is 10.2. The average molecular weight is 267 g/mol. The van der Waals surface area contributed by atoms with Crippen molar-refractivity contribution in [2.45, 2.75) is 19.4 Å². The molecule has 1 aliphatic heterocycles. The lowest BCUT2D eigenvalue weighted by Crippen LogP contribution is -2.17. The molecular formula is C17H21N3. The van der Waals surface area contributed by atoms with E-state index in [0.717, 1.165) is 23.5 Å². The molecule has 0 unspecified atom stereocenters. The lowest BCUT2D eigenvalue weighted by molar-refractivity contribution is 0.949. The van der Waals surface area contributed by atoms with Crippen molar-refractivity contribution >= 4 is 17.1 Å². The van der Waals surface area contributed by atoms with Gasteiger partial charge in [-0.3, -0.25) is 0 Å². The molecule has 2 aromatic rings. The Hall–Kier alpha value is -2.16. The summed E-state index contributed by atoms with van der Waals surface area (Å²) in [5.74, 6) is 0. The van der Waals surface area contributed by atoms with Crippen molar-refractivity contribution in [1.82, 2.24) is 0 Å². The van der Waals surface area contributed by atoms with Crippen LogP contribution in [0.2, 0.25) is 0 Å². The highest BCUT2D eigenvalue weighted by Gasteiger charge is 2.12. The summed E-state index contributed by atoms with van der Waals surface area (Å²) in [5, 5.41) is 3.46. The van der Waals surface area contributed by atoms with E-state index < -0.39 is 0 Å². The van der Waals surface area contributed by atoms with Crippen LogP contribution in [0.15, 0.2) is 48.5 Å². The molecule has 0 aromatic heterocycles. The predicted octanol–water partition coefficient (Wildman–Crippen LogP) is 3.48. The zero-order valence-electron chi connectivity index (χ0n) is 11.7. The molecule has 20 heavy (non-hydrogen) atoms.